The minimum Gasteiger partial charge on any atom is -0.309 e. The number of fused-ring (bicyclic) bond motifs is 10. The molecule has 7 nitrogen and oxygen atoms in total. The normalized spacial score (nSPS) is 11.8. The number of pyridine rings is 1. The molecular weight excluding hydrogens is 891 g/mol. The summed E-state index contributed by atoms with van der Waals surface area (Å²) in [6.07, 6.45) is 3.87. The maximum Gasteiger partial charge on any atom is 0.238 e. The first-order chi connectivity index (χ1) is 36.2. The molecular formula is C66H41N7. The summed E-state index contributed by atoms with van der Waals surface area (Å²) in [6, 6.07) is 84.4. The lowest BCUT2D eigenvalue weighted by Gasteiger charge is -2.13. The Morgan fingerprint density at radius 1 is 0.260 bits per heavy atom. The van der Waals surface area contributed by atoms with Crippen molar-refractivity contribution in [2.75, 3.05) is 0 Å². The summed E-state index contributed by atoms with van der Waals surface area (Å²) < 4.78 is 6.94. The highest BCUT2D eigenvalue weighted by atomic mass is 15.2. The Kier molecular flexibility index (Phi) is 9.13. The van der Waals surface area contributed by atoms with Crippen LogP contribution in [0.2, 0.25) is 0 Å². The lowest BCUT2D eigenvalue weighted by atomic mass is 9.92. The largest absolute Gasteiger partial charge is 0.309 e. The molecule has 10 aromatic carbocycles. The molecule has 0 radical (unpaired) electrons. The minimum absolute atomic E-state index is 0.575. The zero-order valence-corrected chi connectivity index (χ0v) is 39.3. The molecule has 0 saturated carbocycles. The number of nitrogens with zero attached hydrogens (tertiary/aromatic N) is 7. The molecule has 7 heteroatoms. The van der Waals surface area contributed by atoms with Gasteiger partial charge in [0.05, 0.1) is 39.3 Å². The lowest BCUT2D eigenvalue weighted by molar-refractivity contribution is 0.953. The highest BCUT2D eigenvalue weighted by Crippen LogP contribution is 2.42. The summed E-state index contributed by atoms with van der Waals surface area (Å²) in [7, 11) is 0. The second kappa shape index (κ2) is 16.3. The predicted octanol–water partition coefficient (Wildman–Crippen LogP) is 16.4. The summed E-state index contributed by atoms with van der Waals surface area (Å²) in [5.41, 5.74) is 15.4. The number of benzene rings is 10. The van der Waals surface area contributed by atoms with Crippen LogP contribution >= 0.6 is 0 Å². The van der Waals surface area contributed by atoms with E-state index in [0.717, 1.165) is 72.0 Å². The maximum absolute atomic E-state index is 5.16. The van der Waals surface area contributed by atoms with Crippen LogP contribution in [0.25, 0.3) is 139 Å². The molecule has 5 aromatic heterocycles. The van der Waals surface area contributed by atoms with Gasteiger partial charge >= 0.3 is 0 Å². The Labute approximate surface area is 419 Å². The number of hydrogen-bond donors (Lipinski definition) is 0. The van der Waals surface area contributed by atoms with E-state index in [9.17, 15) is 0 Å². The van der Waals surface area contributed by atoms with Crippen LogP contribution in [0, 0.1) is 0 Å². The first kappa shape index (κ1) is 40.9. The quantitative estimate of drug-likeness (QED) is 0.160. The standard InChI is InChI=1S/C66H41N7/c1-4-16-42(17-5-1)64-68-65(43-18-6-2-7-19-43)70-66(69-64)73-59-29-13-11-23-53(59)56-38-44(31-34-61(56)73)48-24-14-27-51-49(25-15-26-50(48)51)45-30-33-54-52-22-10-12-28-58(52)72(62(54)39-45)47-32-35-60-57(40-47)55-36-37-67-41-63(55)71(60)46-20-8-3-9-21-46/h1-41H. The fourth-order valence-corrected chi connectivity index (χ4v) is 11.3. The van der Waals surface area contributed by atoms with Crippen molar-refractivity contribution in [2.45, 2.75) is 0 Å². The monoisotopic (exact) mass is 931 g/mol. The molecule has 73 heavy (non-hydrogen) atoms. The van der Waals surface area contributed by atoms with E-state index in [2.05, 4.69) is 195 Å². The van der Waals surface area contributed by atoms with Crippen LogP contribution in [0.3, 0.4) is 0 Å². The number of aromatic nitrogens is 7. The van der Waals surface area contributed by atoms with E-state index in [4.69, 9.17) is 15.0 Å². The second-order valence-electron chi connectivity index (χ2n) is 18.7. The number of rotatable bonds is 7. The van der Waals surface area contributed by atoms with Crippen molar-refractivity contribution in [1.29, 1.82) is 0 Å². The van der Waals surface area contributed by atoms with Gasteiger partial charge in [0.25, 0.3) is 0 Å². The summed E-state index contributed by atoms with van der Waals surface area (Å²) in [5.74, 6) is 1.83. The summed E-state index contributed by atoms with van der Waals surface area (Å²) in [6.45, 7) is 0. The van der Waals surface area contributed by atoms with E-state index < -0.39 is 0 Å². The van der Waals surface area contributed by atoms with E-state index in [-0.39, 0.29) is 0 Å². The lowest BCUT2D eigenvalue weighted by Crippen LogP contribution is -2.06. The Morgan fingerprint density at radius 3 is 1.45 bits per heavy atom. The van der Waals surface area contributed by atoms with E-state index in [1.54, 1.807) is 0 Å². The smallest absolute Gasteiger partial charge is 0.238 e. The van der Waals surface area contributed by atoms with Crippen LogP contribution in [0.4, 0.5) is 0 Å². The SMILES string of the molecule is c1ccc(-c2nc(-c3ccccc3)nc(-n3c4ccccc4c4cc(-c5cccc6c(-c7ccc8c9ccccc9n(-c9ccc%10c(c9)c9ccncc9n%10-c9ccccc9)c8c7)cccc56)ccc43)n2)cc1. The molecule has 0 bridgehead atoms. The van der Waals surface area contributed by atoms with Gasteiger partial charge in [0.2, 0.25) is 5.95 Å². The van der Waals surface area contributed by atoms with Crippen LogP contribution in [0.1, 0.15) is 0 Å². The van der Waals surface area contributed by atoms with Gasteiger partial charge < -0.3 is 9.13 Å². The van der Waals surface area contributed by atoms with Crippen LogP contribution in [-0.4, -0.2) is 33.6 Å². The molecule has 15 aromatic rings. The average Bonchev–Trinajstić information content (AvgIpc) is 4.10. The molecule has 0 saturated heterocycles. The molecule has 0 aliphatic carbocycles. The Morgan fingerprint density at radius 2 is 0.753 bits per heavy atom. The van der Waals surface area contributed by atoms with Crippen LogP contribution < -0.4 is 0 Å². The second-order valence-corrected chi connectivity index (χ2v) is 18.7. The molecule has 0 N–H and O–H groups in total. The number of para-hydroxylation sites is 3. The van der Waals surface area contributed by atoms with Gasteiger partial charge in [-0.2, -0.15) is 9.97 Å². The first-order valence-electron chi connectivity index (χ1n) is 24.6. The Hall–Kier alpha value is -9.98. The fraction of sp³-hybridized carbons (Fsp3) is 0. The first-order valence-corrected chi connectivity index (χ1v) is 24.6. The Balaban J connectivity index is 0.873. The molecule has 15 rings (SSSR count). The zero-order valence-electron chi connectivity index (χ0n) is 39.3. The summed E-state index contributed by atoms with van der Waals surface area (Å²) >= 11 is 0. The van der Waals surface area contributed by atoms with Crippen molar-refractivity contribution < 1.29 is 0 Å². The van der Waals surface area contributed by atoms with Crippen molar-refractivity contribution in [3.8, 4) is 62.4 Å². The molecule has 0 aliphatic rings. The third kappa shape index (κ3) is 6.46. The van der Waals surface area contributed by atoms with Gasteiger partial charge in [-0.25, -0.2) is 4.98 Å². The van der Waals surface area contributed by atoms with Gasteiger partial charge in [0, 0.05) is 61.0 Å². The molecule has 0 aliphatic heterocycles. The predicted molar refractivity (Wildman–Crippen MR) is 300 cm³/mol. The highest BCUT2D eigenvalue weighted by molar-refractivity contribution is 6.15. The summed E-state index contributed by atoms with van der Waals surface area (Å²) in [4.78, 5) is 19.9. The zero-order chi connectivity index (χ0) is 48.0. The van der Waals surface area contributed by atoms with Gasteiger partial charge in [0.15, 0.2) is 11.6 Å². The molecule has 0 fully saturated rings. The van der Waals surface area contributed by atoms with Gasteiger partial charge in [-0.15, -0.1) is 0 Å². The third-order valence-corrected chi connectivity index (χ3v) is 14.6. The molecule has 0 unspecified atom stereocenters. The van der Waals surface area contributed by atoms with E-state index in [1.807, 2.05) is 73.1 Å². The van der Waals surface area contributed by atoms with Crippen LogP contribution in [0.15, 0.2) is 249 Å². The maximum atomic E-state index is 5.16. The topological polar surface area (TPSA) is 66.3 Å². The van der Waals surface area contributed by atoms with Crippen molar-refractivity contribution in [2.24, 2.45) is 0 Å². The van der Waals surface area contributed by atoms with Gasteiger partial charge in [-0.05, 0) is 99.8 Å². The van der Waals surface area contributed by atoms with E-state index >= 15 is 0 Å². The van der Waals surface area contributed by atoms with Gasteiger partial charge in [-0.1, -0.05) is 170 Å². The summed E-state index contributed by atoms with van der Waals surface area (Å²) in [5, 5.41) is 9.44. The van der Waals surface area contributed by atoms with Crippen LogP contribution in [-0.2, 0) is 0 Å². The number of hydrogen-bond acceptors (Lipinski definition) is 4. The fourth-order valence-electron chi connectivity index (χ4n) is 11.3. The third-order valence-electron chi connectivity index (χ3n) is 14.6. The highest BCUT2D eigenvalue weighted by Gasteiger charge is 2.21. The van der Waals surface area contributed by atoms with Gasteiger partial charge in [0.1, 0.15) is 0 Å². The molecule has 0 amide bonds. The Bertz CT molecular complexity index is 4610. The van der Waals surface area contributed by atoms with E-state index in [1.165, 1.54) is 49.0 Å². The molecule has 340 valence electrons. The van der Waals surface area contributed by atoms with Crippen LogP contribution in [0.5, 0.6) is 0 Å². The van der Waals surface area contributed by atoms with Crippen molar-refractivity contribution in [1.82, 2.24) is 33.6 Å². The molecule has 5 heterocycles. The molecule has 0 spiro atoms. The van der Waals surface area contributed by atoms with Crippen molar-refractivity contribution in [3.05, 3.63) is 249 Å². The van der Waals surface area contributed by atoms with Crippen molar-refractivity contribution >= 4 is 76.2 Å². The average molecular weight is 932 g/mol. The van der Waals surface area contributed by atoms with Crippen molar-refractivity contribution in [3.63, 3.8) is 0 Å². The molecule has 0 atom stereocenters. The minimum atomic E-state index is 0.575. The van der Waals surface area contributed by atoms with Gasteiger partial charge in [-0.3, -0.25) is 9.55 Å². The van der Waals surface area contributed by atoms with E-state index in [0.29, 0.717) is 17.6 Å².